The molecule has 38 heavy (non-hydrogen) atoms. The van der Waals surface area contributed by atoms with E-state index < -0.39 is 23.2 Å². The van der Waals surface area contributed by atoms with Crippen LogP contribution in [0.3, 0.4) is 0 Å². The molecule has 0 amide bonds. The smallest absolute Gasteiger partial charge is 0.331 e. The molecule has 4 aliphatic carbocycles. The number of aliphatic hydroxyl groups is 3. The number of carbonyl (C=O) groups excluding carboxylic acids is 1. The second-order valence-corrected chi connectivity index (χ2v) is 13.7. The molecule has 2 aliphatic heterocycles. The number of hydrogen-bond acceptors (Lipinski definition) is 8. The average Bonchev–Trinajstić information content (AvgIpc) is 3.41. The standard InChI is InChI=1S/C30H46O8/c1-16-27(33)23(35-4)13-25(37-16)38-19-7-9-28(2)18(12-19)5-6-21-26(28)22(31)14-29(3)20(8-10-30(21,29)34)17-11-24(32)36-15-17/h11,16,18-23,25-27,31,33-34H,5-10,12-15H2,1-4H3/t16-,18+,19-,20+,21+,22+,23-,25-,26+,27-,28-,29+,30-/m0/s1. The minimum Gasteiger partial charge on any atom is -0.458 e. The van der Waals surface area contributed by atoms with E-state index >= 15 is 0 Å². The summed E-state index contributed by atoms with van der Waals surface area (Å²) < 4.78 is 23.1. The van der Waals surface area contributed by atoms with Gasteiger partial charge in [0.2, 0.25) is 0 Å². The summed E-state index contributed by atoms with van der Waals surface area (Å²) in [7, 11) is 1.62. The molecule has 0 unspecified atom stereocenters. The second kappa shape index (κ2) is 9.52. The van der Waals surface area contributed by atoms with Crippen molar-refractivity contribution in [3.8, 4) is 0 Å². The molecule has 1 saturated heterocycles. The fourth-order valence-corrected chi connectivity index (χ4v) is 10.1. The van der Waals surface area contributed by atoms with Gasteiger partial charge in [0.25, 0.3) is 0 Å². The first kappa shape index (κ1) is 27.2. The van der Waals surface area contributed by atoms with Crippen molar-refractivity contribution >= 4 is 5.97 Å². The maximum absolute atomic E-state index is 12.4. The Morgan fingerprint density at radius 3 is 2.58 bits per heavy atom. The summed E-state index contributed by atoms with van der Waals surface area (Å²) in [6.45, 7) is 6.65. The van der Waals surface area contributed by atoms with E-state index in [9.17, 15) is 20.1 Å². The van der Waals surface area contributed by atoms with E-state index in [1.807, 2.05) is 6.92 Å². The zero-order valence-electron chi connectivity index (χ0n) is 23.3. The molecule has 6 rings (SSSR count). The van der Waals surface area contributed by atoms with Crippen molar-refractivity contribution < 1.29 is 39.1 Å². The number of fused-ring (bicyclic) bond motifs is 5. The van der Waals surface area contributed by atoms with Gasteiger partial charge >= 0.3 is 5.97 Å². The van der Waals surface area contributed by atoms with Crippen LogP contribution in [-0.4, -0.2) is 77.4 Å². The van der Waals surface area contributed by atoms with Crippen molar-refractivity contribution in [3.05, 3.63) is 11.6 Å². The number of ether oxygens (including phenoxy) is 4. The summed E-state index contributed by atoms with van der Waals surface area (Å²) in [5.41, 5.74) is -0.389. The highest BCUT2D eigenvalue weighted by Gasteiger charge is 2.70. The van der Waals surface area contributed by atoms with E-state index in [-0.39, 0.29) is 53.7 Å². The van der Waals surface area contributed by atoms with E-state index in [2.05, 4.69) is 13.8 Å². The van der Waals surface area contributed by atoms with Crippen LogP contribution >= 0.6 is 0 Å². The molecule has 13 atom stereocenters. The molecule has 4 saturated carbocycles. The maximum atomic E-state index is 12.4. The van der Waals surface area contributed by atoms with Crippen LogP contribution in [0.5, 0.6) is 0 Å². The van der Waals surface area contributed by atoms with Gasteiger partial charge < -0.3 is 34.3 Å². The molecule has 214 valence electrons. The average molecular weight is 535 g/mol. The van der Waals surface area contributed by atoms with Crippen LogP contribution in [-0.2, 0) is 23.7 Å². The van der Waals surface area contributed by atoms with Crippen LogP contribution in [0, 0.1) is 34.5 Å². The molecule has 2 heterocycles. The Kier molecular flexibility index (Phi) is 6.80. The highest BCUT2D eigenvalue weighted by atomic mass is 16.7. The number of hydrogen-bond donors (Lipinski definition) is 3. The summed E-state index contributed by atoms with van der Waals surface area (Å²) >= 11 is 0. The van der Waals surface area contributed by atoms with Gasteiger partial charge in [-0.2, -0.15) is 0 Å². The lowest BCUT2D eigenvalue weighted by atomic mass is 9.42. The molecule has 3 N–H and O–H groups in total. The van der Waals surface area contributed by atoms with E-state index in [0.29, 0.717) is 31.8 Å². The molecule has 8 heteroatoms. The van der Waals surface area contributed by atoms with Crippen molar-refractivity contribution in [1.82, 2.24) is 0 Å². The van der Waals surface area contributed by atoms with Gasteiger partial charge in [-0.1, -0.05) is 13.8 Å². The van der Waals surface area contributed by atoms with Gasteiger partial charge in [0.05, 0.1) is 30.0 Å². The Hall–Kier alpha value is -1.03. The lowest BCUT2D eigenvalue weighted by Crippen LogP contribution is -2.66. The van der Waals surface area contributed by atoms with Crippen LogP contribution in [0.1, 0.15) is 78.6 Å². The molecule has 0 aromatic heterocycles. The van der Waals surface area contributed by atoms with Crippen LogP contribution in [0.2, 0.25) is 0 Å². The summed E-state index contributed by atoms with van der Waals surface area (Å²) in [5.74, 6) is 0.285. The highest BCUT2D eigenvalue weighted by molar-refractivity contribution is 5.85. The first-order valence-corrected chi connectivity index (χ1v) is 14.8. The third-order valence-electron chi connectivity index (χ3n) is 12.2. The zero-order valence-corrected chi connectivity index (χ0v) is 23.3. The Labute approximate surface area is 226 Å². The van der Waals surface area contributed by atoms with Crippen LogP contribution in [0.15, 0.2) is 11.6 Å². The molecular formula is C30H46O8. The third kappa shape index (κ3) is 3.96. The van der Waals surface area contributed by atoms with Crippen LogP contribution in [0.4, 0.5) is 0 Å². The number of rotatable bonds is 4. The van der Waals surface area contributed by atoms with Crippen molar-refractivity contribution in [3.63, 3.8) is 0 Å². The molecule has 0 spiro atoms. The number of cyclic esters (lactones) is 1. The molecule has 0 aromatic carbocycles. The van der Waals surface area contributed by atoms with Crippen molar-refractivity contribution in [1.29, 1.82) is 0 Å². The molecule has 0 radical (unpaired) electrons. The van der Waals surface area contributed by atoms with Crippen LogP contribution < -0.4 is 0 Å². The van der Waals surface area contributed by atoms with Gasteiger partial charge in [-0.3, -0.25) is 0 Å². The van der Waals surface area contributed by atoms with E-state index in [1.165, 1.54) is 0 Å². The maximum Gasteiger partial charge on any atom is 0.331 e. The quantitative estimate of drug-likeness (QED) is 0.372. The number of esters is 1. The first-order chi connectivity index (χ1) is 18.0. The largest absolute Gasteiger partial charge is 0.458 e. The van der Waals surface area contributed by atoms with E-state index in [1.54, 1.807) is 13.2 Å². The topological polar surface area (TPSA) is 115 Å². The summed E-state index contributed by atoms with van der Waals surface area (Å²) in [6.07, 6.45) is 6.83. The molecule has 0 bridgehead atoms. The predicted molar refractivity (Wildman–Crippen MR) is 138 cm³/mol. The van der Waals surface area contributed by atoms with Crippen molar-refractivity contribution in [2.75, 3.05) is 13.7 Å². The molecule has 8 nitrogen and oxygen atoms in total. The second-order valence-electron chi connectivity index (χ2n) is 13.7. The molecule has 0 aromatic rings. The van der Waals surface area contributed by atoms with E-state index in [0.717, 1.165) is 44.1 Å². The van der Waals surface area contributed by atoms with Gasteiger partial charge in [-0.25, -0.2) is 4.79 Å². The Morgan fingerprint density at radius 1 is 1.08 bits per heavy atom. The Bertz CT molecular complexity index is 968. The first-order valence-electron chi connectivity index (χ1n) is 14.8. The SMILES string of the molecule is CO[C@H]1C[C@H](O[C@H]2CC[C@@]3(C)[C@H](CC[C@@H]4[C@@H]3[C@H](O)C[C@]3(C)[C@@H](C5=CC(=O)OC5)CC[C@]43O)C2)O[C@@H](C)[C@@H]1O. The van der Waals surface area contributed by atoms with Crippen molar-refractivity contribution in [2.24, 2.45) is 34.5 Å². The number of carbonyl (C=O) groups is 1. The van der Waals surface area contributed by atoms with Gasteiger partial charge in [0, 0.05) is 25.0 Å². The Morgan fingerprint density at radius 2 is 1.87 bits per heavy atom. The van der Waals surface area contributed by atoms with Crippen molar-refractivity contribution in [2.45, 2.75) is 121 Å². The lowest BCUT2D eigenvalue weighted by Gasteiger charge is -2.65. The third-order valence-corrected chi connectivity index (χ3v) is 12.2. The predicted octanol–water partition coefficient (Wildman–Crippen LogP) is 3.11. The monoisotopic (exact) mass is 534 g/mol. The summed E-state index contributed by atoms with van der Waals surface area (Å²) in [5, 5.41) is 34.5. The van der Waals surface area contributed by atoms with Gasteiger partial charge in [-0.15, -0.1) is 0 Å². The summed E-state index contributed by atoms with van der Waals surface area (Å²) in [6, 6.07) is 0. The molecular weight excluding hydrogens is 488 g/mol. The normalized spacial score (nSPS) is 54.5. The fourth-order valence-electron chi connectivity index (χ4n) is 10.1. The number of aliphatic hydroxyl groups excluding tert-OH is 2. The van der Waals surface area contributed by atoms with Crippen LogP contribution in [0.25, 0.3) is 0 Å². The zero-order chi connectivity index (χ0) is 27.0. The minimum absolute atomic E-state index is 0.0464. The molecule has 5 fully saturated rings. The lowest BCUT2D eigenvalue weighted by molar-refractivity contribution is -0.278. The van der Waals surface area contributed by atoms with Gasteiger partial charge in [-0.05, 0) is 93.0 Å². The number of methoxy groups -OCH3 is 1. The van der Waals surface area contributed by atoms with E-state index in [4.69, 9.17) is 18.9 Å². The fraction of sp³-hybridized carbons (Fsp3) is 0.900. The highest BCUT2D eigenvalue weighted by Crippen LogP contribution is 2.70. The summed E-state index contributed by atoms with van der Waals surface area (Å²) in [4.78, 5) is 11.8. The Balaban J connectivity index is 1.18. The molecule has 6 aliphatic rings. The minimum atomic E-state index is -0.850. The van der Waals surface area contributed by atoms with Gasteiger partial charge in [0.1, 0.15) is 12.7 Å². The van der Waals surface area contributed by atoms with Gasteiger partial charge in [0.15, 0.2) is 6.29 Å².